The standard InChI is InChI=1S/C25H29F2N3O4.C25H29FN4O5.C23H28N2O2/c1-15(31)24(33)30-10-9-22(25(26,27)14-30)34-21-8-7-18(11-19(21)13-28)17-3-2-4-20(12-17)29-23(32)16-5-6-16;26-20-12-30(23(32)13-31)7-6-22(20)35-21-5-4-15(8-16(21)11-27)14-2-1-3-17(9-14)29-25(34)19-10-18(19)24(28)33;24-15-21-13-20(7-6-19(21)12-16-8-10-27-11-9-16)18-2-1-3-22(14-18)25-23(26)17-4-5-17/h2-4,7-8,11-12,15-16,22,31H,5-6,9-10,13-14,28H2,1H3,(H,29,32);1-5,8-9,18-20,22,31H,6-7,10-13,27H2,(H2,28,33)(H,29,34);1-3,6-7,13-14,16-17H,4-5,8-12,15,24H2,(H,25,26)/t15-,22-;18-,19-,20-,22+;/m01./s1. The van der Waals surface area contributed by atoms with Gasteiger partial charge in [0, 0.05) is 98.8 Å². The Morgan fingerprint density at radius 1 is 0.594 bits per heavy atom. The molecule has 0 radical (unpaired) electrons. The van der Waals surface area contributed by atoms with Crippen LogP contribution in [0.25, 0.3) is 33.4 Å². The SMILES string of the molecule is C[C@H](O)C(=O)N1CC[C@H](Oc2ccc(-c3cccc(NC(=O)C4CC4)c3)cc2CN)C(F)(F)C1.NCc1cc(-c2cccc(NC(=O)C3CC3)c2)ccc1CC1CCOCC1.NCc1cc(-c2cccc(NC(=O)[C@@H]3C[C@H]3C(N)=O)c2)ccc1O[C@H]1CCN(C(=O)CO)C[C@H]1F. The maximum absolute atomic E-state index is 14.8. The van der Waals surface area contributed by atoms with Crippen molar-refractivity contribution in [2.45, 2.75) is 121 Å². The van der Waals surface area contributed by atoms with E-state index in [0.717, 1.165) is 102 Å². The molecule has 6 fully saturated rings. The second kappa shape index (κ2) is 31.9. The Hall–Kier alpha value is -8.71. The Labute approximate surface area is 556 Å². The summed E-state index contributed by atoms with van der Waals surface area (Å²) in [5.74, 6) is -4.07. The van der Waals surface area contributed by atoms with E-state index in [9.17, 15) is 47.0 Å². The number of nitrogens with one attached hydrogen (secondary N) is 3. The van der Waals surface area contributed by atoms with Crippen LogP contribution in [0.15, 0.2) is 127 Å². The first kappa shape index (κ1) is 70.1. The second-order valence-corrected chi connectivity index (χ2v) is 25.7. The van der Waals surface area contributed by atoms with Crippen molar-refractivity contribution >= 4 is 52.5 Å². The minimum Gasteiger partial charge on any atom is -0.487 e. The summed E-state index contributed by atoms with van der Waals surface area (Å²) in [6.07, 6.45) is 3.06. The molecular weight excluding hydrogens is 1240 g/mol. The summed E-state index contributed by atoms with van der Waals surface area (Å²) in [4.78, 5) is 73.4. The highest BCUT2D eigenvalue weighted by Crippen LogP contribution is 2.41. The van der Waals surface area contributed by atoms with Crippen molar-refractivity contribution < 1.29 is 66.4 Å². The molecule has 12 rings (SSSR count). The minimum absolute atomic E-state index is 0.0191. The number of anilines is 3. The Kier molecular flexibility index (Phi) is 23.3. The molecule has 0 bridgehead atoms. The number of nitrogens with two attached hydrogens (primary N) is 4. The first-order valence-corrected chi connectivity index (χ1v) is 33.0. The van der Waals surface area contributed by atoms with Crippen LogP contribution in [-0.2, 0) is 59.6 Å². The number of hydrogen-bond donors (Lipinski definition) is 9. The van der Waals surface area contributed by atoms with Crippen molar-refractivity contribution in [1.82, 2.24) is 9.80 Å². The molecule has 0 spiro atoms. The van der Waals surface area contributed by atoms with Crippen LogP contribution < -0.4 is 48.4 Å². The molecule has 6 aromatic rings. The third kappa shape index (κ3) is 18.4. The molecule has 510 valence electrons. The van der Waals surface area contributed by atoms with Gasteiger partial charge in [-0.2, -0.15) is 0 Å². The Balaban J connectivity index is 0.000000158. The lowest BCUT2D eigenvalue weighted by molar-refractivity contribution is -0.165. The number of aliphatic hydroxyl groups is 2. The molecule has 3 heterocycles. The third-order valence-corrected chi connectivity index (χ3v) is 18.3. The van der Waals surface area contributed by atoms with Crippen LogP contribution in [0.2, 0.25) is 0 Å². The Bertz CT molecular complexity index is 3770. The molecule has 6 aliphatic rings. The topological polar surface area (TPSA) is 317 Å². The molecule has 6 atom stereocenters. The van der Waals surface area contributed by atoms with Gasteiger partial charge in [-0.1, -0.05) is 60.7 Å². The number of halogens is 3. The summed E-state index contributed by atoms with van der Waals surface area (Å²) in [5, 5.41) is 27.2. The fourth-order valence-corrected chi connectivity index (χ4v) is 12.2. The van der Waals surface area contributed by atoms with Crippen molar-refractivity contribution in [3.8, 4) is 44.9 Å². The molecular formula is C73H86F3N9O11. The smallest absolute Gasteiger partial charge is 0.301 e. The first-order valence-electron chi connectivity index (χ1n) is 33.0. The monoisotopic (exact) mass is 1320 g/mol. The molecule has 23 heteroatoms. The van der Waals surface area contributed by atoms with Crippen LogP contribution >= 0.6 is 0 Å². The van der Waals surface area contributed by atoms with E-state index in [0.29, 0.717) is 60.1 Å². The fraction of sp³-hybridized carbons (Fsp3) is 0.425. The van der Waals surface area contributed by atoms with Gasteiger partial charge in [-0.25, -0.2) is 13.2 Å². The molecule has 96 heavy (non-hydrogen) atoms. The normalized spacial score (nSPS) is 20.8. The lowest BCUT2D eigenvalue weighted by Crippen LogP contribution is -2.56. The van der Waals surface area contributed by atoms with Crippen molar-refractivity contribution in [3.63, 3.8) is 0 Å². The second-order valence-electron chi connectivity index (χ2n) is 25.7. The Morgan fingerprint density at radius 3 is 1.53 bits per heavy atom. The molecule has 3 saturated carbocycles. The molecule has 20 nitrogen and oxygen atoms in total. The van der Waals surface area contributed by atoms with Crippen LogP contribution in [0.1, 0.15) is 87.0 Å². The van der Waals surface area contributed by atoms with Crippen LogP contribution in [0.4, 0.5) is 30.2 Å². The van der Waals surface area contributed by atoms with E-state index < -0.39 is 67.2 Å². The van der Waals surface area contributed by atoms with E-state index in [1.807, 2.05) is 72.8 Å². The summed E-state index contributed by atoms with van der Waals surface area (Å²) in [5.41, 5.74) is 34.8. The quantitative estimate of drug-likeness (QED) is 0.0327. The average molecular weight is 1320 g/mol. The van der Waals surface area contributed by atoms with Gasteiger partial charge in [-0.15, -0.1) is 0 Å². The van der Waals surface area contributed by atoms with E-state index in [2.05, 4.69) is 40.2 Å². The zero-order valence-electron chi connectivity index (χ0n) is 53.9. The zero-order chi connectivity index (χ0) is 68.2. The lowest BCUT2D eigenvalue weighted by Gasteiger charge is -2.38. The predicted octanol–water partition coefficient (Wildman–Crippen LogP) is 8.47. The largest absolute Gasteiger partial charge is 0.487 e. The van der Waals surface area contributed by atoms with E-state index in [1.165, 1.54) is 23.0 Å². The molecule has 6 aromatic carbocycles. The molecule has 6 amide bonds. The molecule has 0 aromatic heterocycles. The van der Waals surface area contributed by atoms with E-state index in [1.54, 1.807) is 30.3 Å². The summed E-state index contributed by atoms with van der Waals surface area (Å²) < 4.78 is 61.2. The number of alkyl halides is 3. The predicted molar refractivity (Wildman–Crippen MR) is 359 cm³/mol. The van der Waals surface area contributed by atoms with Gasteiger partial charge >= 0.3 is 5.92 Å². The maximum Gasteiger partial charge on any atom is 0.301 e. The first-order chi connectivity index (χ1) is 46.2. The zero-order valence-corrected chi connectivity index (χ0v) is 53.9. The van der Waals surface area contributed by atoms with E-state index in [-0.39, 0.29) is 73.8 Å². The number of piperidine rings is 2. The Morgan fingerprint density at radius 2 is 1.07 bits per heavy atom. The number of carbonyl (C=O) groups is 6. The number of rotatable bonds is 21. The van der Waals surface area contributed by atoms with Gasteiger partial charge in [0.15, 0.2) is 12.3 Å². The van der Waals surface area contributed by atoms with E-state index in [4.69, 9.17) is 42.3 Å². The van der Waals surface area contributed by atoms with E-state index >= 15 is 0 Å². The average Bonchev–Trinajstić information content (AvgIpc) is 1.73. The highest BCUT2D eigenvalue weighted by molar-refractivity contribution is 6.00. The van der Waals surface area contributed by atoms with Crippen molar-refractivity contribution in [1.29, 1.82) is 0 Å². The van der Waals surface area contributed by atoms with Crippen molar-refractivity contribution in [3.05, 3.63) is 150 Å². The van der Waals surface area contributed by atoms with Crippen LogP contribution in [-0.4, -0.2) is 132 Å². The van der Waals surface area contributed by atoms with Gasteiger partial charge in [-0.3, -0.25) is 28.8 Å². The molecule has 0 unspecified atom stereocenters. The molecule has 3 aliphatic carbocycles. The van der Waals surface area contributed by atoms with Crippen molar-refractivity contribution in [2.75, 3.05) is 62.0 Å². The highest BCUT2D eigenvalue weighted by atomic mass is 19.3. The number of amides is 6. The number of benzene rings is 6. The summed E-state index contributed by atoms with van der Waals surface area (Å²) in [6, 6.07) is 40.0. The summed E-state index contributed by atoms with van der Waals surface area (Å²) in [6.45, 7) is 2.62. The van der Waals surface area contributed by atoms with Gasteiger partial charge in [0.2, 0.25) is 29.5 Å². The van der Waals surface area contributed by atoms with Gasteiger partial charge in [0.25, 0.3) is 5.91 Å². The molecule has 3 saturated heterocycles. The third-order valence-electron chi connectivity index (χ3n) is 18.3. The van der Waals surface area contributed by atoms with Crippen LogP contribution in [0.5, 0.6) is 11.5 Å². The number of primary amides is 1. The van der Waals surface area contributed by atoms with Gasteiger partial charge in [0.05, 0.1) is 24.9 Å². The van der Waals surface area contributed by atoms with Crippen LogP contribution in [0.3, 0.4) is 0 Å². The number of hydrogen-bond acceptors (Lipinski definition) is 14. The van der Waals surface area contributed by atoms with Gasteiger partial charge in [-0.05, 0) is 175 Å². The van der Waals surface area contributed by atoms with Gasteiger partial charge < -0.3 is 73.1 Å². The number of ether oxygens (including phenoxy) is 3. The van der Waals surface area contributed by atoms with Crippen LogP contribution in [0, 0.1) is 29.6 Å². The van der Waals surface area contributed by atoms with Gasteiger partial charge in [0.1, 0.15) is 30.3 Å². The minimum atomic E-state index is -3.28. The maximum atomic E-state index is 14.8. The lowest BCUT2D eigenvalue weighted by atomic mass is 9.89. The molecule has 3 aliphatic heterocycles. The highest BCUT2D eigenvalue weighted by Gasteiger charge is 2.49. The fourth-order valence-electron chi connectivity index (χ4n) is 12.2. The van der Waals surface area contributed by atoms with Crippen molar-refractivity contribution in [2.24, 2.45) is 52.5 Å². The summed E-state index contributed by atoms with van der Waals surface area (Å²) >= 11 is 0. The number of likely N-dealkylation sites (tertiary alicyclic amines) is 2. The summed E-state index contributed by atoms with van der Waals surface area (Å²) in [7, 11) is 0. The number of aliphatic hydroxyl groups excluding tert-OH is 2. The number of carbonyl (C=O) groups excluding carboxylic acids is 6. The number of nitrogens with zero attached hydrogens (tertiary/aromatic N) is 2. The molecule has 13 N–H and O–H groups in total.